The summed E-state index contributed by atoms with van der Waals surface area (Å²) in [6, 6.07) is 5.18. The van der Waals surface area contributed by atoms with Crippen molar-refractivity contribution in [3.05, 3.63) is 35.1 Å². The first-order valence-corrected chi connectivity index (χ1v) is 6.74. The highest BCUT2D eigenvalue weighted by atomic mass is 19.1. The molecule has 0 aliphatic heterocycles. The number of halogens is 1. The van der Waals surface area contributed by atoms with Crippen LogP contribution in [0.25, 0.3) is 0 Å². The second kappa shape index (κ2) is 8.22. The molecule has 1 aromatic rings. The third-order valence-electron chi connectivity index (χ3n) is 3.18. The number of aliphatic hydroxyl groups excluding tert-OH is 1. The van der Waals surface area contributed by atoms with Gasteiger partial charge in [-0.25, -0.2) is 4.39 Å². The molecule has 2 N–H and O–H groups in total. The molecule has 0 heterocycles. The second-order valence-electron chi connectivity index (χ2n) is 4.89. The molecule has 0 saturated carbocycles. The van der Waals surface area contributed by atoms with Crippen molar-refractivity contribution in [2.75, 3.05) is 13.2 Å². The lowest BCUT2D eigenvalue weighted by Crippen LogP contribution is -2.23. The zero-order chi connectivity index (χ0) is 13.4. The Bertz CT molecular complexity index is 348. The molecule has 0 fully saturated rings. The molecule has 0 aromatic heterocycles. The van der Waals surface area contributed by atoms with Crippen LogP contribution in [0.1, 0.15) is 37.3 Å². The average molecular weight is 253 g/mol. The van der Waals surface area contributed by atoms with Crippen molar-refractivity contribution in [3.8, 4) is 0 Å². The monoisotopic (exact) mass is 253 g/mol. The van der Waals surface area contributed by atoms with Gasteiger partial charge >= 0.3 is 0 Å². The van der Waals surface area contributed by atoms with Crippen molar-refractivity contribution in [1.82, 2.24) is 5.32 Å². The molecule has 0 aliphatic rings. The Morgan fingerprint density at radius 1 is 1.33 bits per heavy atom. The molecular weight excluding hydrogens is 229 g/mol. The molecule has 18 heavy (non-hydrogen) atoms. The third kappa shape index (κ3) is 5.15. The number of nitrogens with one attached hydrogen (secondary N) is 1. The van der Waals surface area contributed by atoms with Gasteiger partial charge < -0.3 is 10.4 Å². The van der Waals surface area contributed by atoms with Gasteiger partial charge in [-0.15, -0.1) is 0 Å². The molecule has 0 amide bonds. The van der Waals surface area contributed by atoms with E-state index in [9.17, 15) is 4.39 Å². The van der Waals surface area contributed by atoms with Crippen LogP contribution in [0.15, 0.2) is 18.2 Å². The molecule has 102 valence electrons. The minimum atomic E-state index is -0.151. The minimum absolute atomic E-state index is 0.151. The zero-order valence-electron chi connectivity index (χ0n) is 11.4. The van der Waals surface area contributed by atoms with Crippen molar-refractivity contribution in [2.45, 2.75) is 39.7 Å². The van der Waals surface area contributed by atoms with Gasteiger partial charge in [0.25, 0.3) is 0 Å². The van der Waals surface area contributed by atoms with Crippen LogP contribution in [-0.4, -0.2) is 18.3 Å². The summed E-state index contributed by atoms with van der Waals surface area (Å²) in [6.07, 6.45) is 3.03. The Labute approximate surface area is 109 Å². The predicted molar refractivity (Wildman–Crippen MR) is 72.9 cm³/mol. The van der Waals surface area contributed by atoms with Gasteiger partial charge in [-0.3, -0.25) is 0 Å². The topological polar surface area (TPSA) is 32.3 Å². The lowest BCUT2D eigenvalue weighted by atomic mass is 10.00. The maximum absolute atomic E-state index is 13.5. The van der Waals surface area contributed by atoms with E-state index in [4.69, 9.17) is 5.11 Å². The fourth-order valence-corrected chi connectivity index (χ4v) is 2.19. The van der Waals surface area contributed by atoms with Gasteiger partial charge in [0.1, 0.15) is 5.82 Å². The molecule has 1 aromatic carbocycles. The van der Waals surface area contributed by atoms with E-state index in [1.807, 2.05) is 13.0 Å². The summed E-state index contributed by atoms with van der Waals surface area (Å²) in [4.78, 5) is 0. The predicted octanol–water partition coefficient (Wildman–Crippen LogP) is 3.02. The van der Waals surface area contributed by atoms with Gasteiger partial charge in [0.15, 0.2) is 0 Å². The lowest BCUT2D eigenvalue weighted by molar-refractivity contribution is 0.248. The fourth-order valence-electron chi connectivity index (χ4n) is 2.19. The Kier molecular flexibility index (Phi) is 6.91. The number of benzene rings is 1. The number of aryl methyl sites for hydroxylation is 1. The van der Waals surface area contributed by atoms with E-state index in [-0.39, 0.29) is 12.4 Å². The summed E-state index contributed by atoms with van der Waals surface area (Å²) in [7, 11) is 0. The first-order valence-electron chi connectivity index (χ1n) is 6.74. The van der Waals surface area contributed by atoms with Gasteiger partial charge in [-0.1, -0.05) is 31.0 Å². The molecule has 3 heteroatoms. The SMILES string of the molecule is CCCC(CCO)CNCc1cc(C)ccc1F. The van der Waals surface area contributed by atoms with E-state index < -0.39 is 0 Å². The highest BCUT2D eigenvalue weighted by Crippen LogP contribution is 2.12. The maximum Gasteiger partial charge on any atom is 0.127 e. The van der Waals surface area contributed by atoms with Crippen molar-refractivity contribution in [3.63, 3.8) is 0 Å². The van der Waals surface area contributed by atoms with Gasteiger partial charge in [0.2, 0.25) is 0 Å². The van der Waals surface area contributed by atoms with Crippen LogP contribution in [0.2, 0.25) is 0 Å². The van der Waals surface area contributed by atoms with Gasteiger partial charge in [-0.05, 0) is 38.3 Å². The smallest absolute Gasteiger partial charge is 0.127 e. The molecule has 0 radical (unpaired) electrons. The first-order chi connectivity index (χ1) is 8.67. The fraction of sp³-hybridized carbons (Fsp3) is 0.600. The lowest BCUT2D eigenvalue weighted by Gasteiger charge is -2.16. The van der Waals surface area contributed by atoms with E-state index in [2.05, 4.69) is 12.2 Å². The summed E-state index contributed by atoms with van der Waals surface area (Å²) in [6.45, 7) is 5.73. The van der Waals surface area contributed by atoms with E-state index in [1.165, 1.54) is 6.07 Å². The molecule has 2 nitrogen and oxygen atoms in total. The molecule has 0 aliphatic carbocycles. The Morgan fingerprint density at radius 3 is 2.78 bits per heavy atom. The van der Waals surface area contributed by atoms with E-state index in [1.54, 1.807) is 6.07 Å². The third-order valence-corrected chi connectivity index (χ3v) is 3.18. The van der Waals surface area contributed by atoms with Crippen molar-refractivity contribution in [2.24, 2.45) is 5.92 Å². The molecule has 0 bridgehead atoms. The summed E-state index contributed by atoms with van der Waals surface area (Å²) in [5.74, 6) is 0.329. The van der Waals surface area contributed by atoms with Crippen molar-refractivity contribution >= 4 is 0 Å². The van der Waals surface area contributed by atoms with Crippen LogP contribution in [0.3, 0.4) is 0 Å². The Hall–Kier alpha value is -0.930. The molecule has 0 spiro atoms. The quantitative estimate of drug-likeness (QED) is 0.746. The maximum atomic E-state index is 13.5. The Balaban J connectivity index is 2.41. The van der Waals surface area contributed by atoms with Crippen LogP contribution in [0.4, 0.5) is 4.39 Å². The zero-order valence-corrected chi connectivity index (χ0v) is 11.4. The number of aliphatic hydroxyl groups is 1. The first kappa shape index (κ1) is 15.1. The van der Waals surface area contributed by atoms with Crippen LogP contribution in [0, 0.1) is 18.7 Å². The van der Waals surface area contributed by atoms with Gasteiger partial charge in [-0.2, -0.15) is 0 Å². The number of hydrogen-bond acceptors (Lipinski definition) is 2. The summed E-state index contributed by atoms with van der Waals surface area (Å²) in [5.41, 5.74) is 1.79. The minimum Gasteiger partial charge on any atom is -0.396 e. The summed E-state index contributed by atoms with van der Waals surface area (Å²) in [5, 5.41) is 12.3. The van der Waals surface area contributed by atoms with Crippen molar-refractivity contribution < 1.29 is 9.50 Å². The number of rotatable bonds is 8. The molecule has 0 saturated heterocycles. The molecular formula is C15H24FNO. The molecule has 1 atom stereocenters. The van der Waals surface area contributed by atoms with Crippen LogP contribution < -0.4 is 5.32 Å². The van der Waals surface area contributed by atoms with Gasteiger partial charge in [0, 0.05) is 18.7 Å². The highest BCUT2D eigenvalue weighted by Gasteiger charge is 2.07. The number of hydrogen-bond donors (Lipinski definition) is 2. The van der Waals surface area contributed by atoms with Crippen molar-refractivity contribution in [1.29, 1.82) is 0 Å². The van der Waals surface area contributed by atoms with Crippen LogP contribution in [-0.2, 0) is 6.54 Å². The standard InChI is InChI=1S/C15H24FNO/c1-3-4-13(7-8-18)10-17-11-14-9-12(2)5-6-15(14)16/h5-6,9,13,17-18H,3-4,7-8,10-11H2,1-2H3. The normalized spacial score (nSPS) is 12.7. The average Bonchev–Trinajstić information content (AvgIpc) is 2.34. The van der Waals surface area contributed by atoms with Gasteiger partial charge in [0.05, 0.1) is 0 Å². The van der Waals surface area contributed by atoms with Crippen LogP contribution >= 0.6 is 0 Å². The van der Waals surface area contributed by atoms with Crippen LogP contribution in [0.5, 0.6) is 0 Å². The molecule has 1 rings (SSSR count). The highest BCUT2D eigenvalue weighted by molar-refractivity contribution is 5.23. The van der Waals surface area contributed by atoms with E-state index >= 15 is 0 Å². The summed E-state index contributed by atoms with van der Waals surface area (Å²) >= 11 is 0. The summed E-state index contributed by atoms with van der Waals surface area (Å²) < 4.78 is 13.5. The Morgan fingerprint density at radius 2 is 2.11 bits per heavy atom. The largest absolute Gasteiger partial charge is 0.396 e. The second-order valence-corrected chi connectivity index (χ2v) is 4.89. The molecule has 1 unspecified atom stereocenters. The van der Waals surface area contributed by atoms with E-state index in [0.29, 0.717) is 18.0 Å². The van der Waals surface area contributed by atoms with E-state index in [0.717, 1.165) is 31.4 Å².